The maximum atomic E-state index is 12.5. The Kier molecular flexibility index (Phi) is 5.97. The van der Waals surface area contributed by atoms with Crippen LogP contribution < -0.4 is 16.6 Å². The number of hydrogen-bond acceptors (Lipinski definition) is 6. The molecule has 1 aliphatic heterocycles. The molecule has 1 aromatic rings. The van der Waals surface area contributed by atoms with Crippen LogP contribution in [0.2, 0.25) is 0 Å². The van der Waals surface area contributed by atoms with Crippen LogP contribution >= 0.6 is 0 Å². The van der Waals surface area contributed by atoms with Crippen molar-refractivity contribution in [2.24, 2.45) is 5.92 Å². The number of carbonyl (C=O) groups excluding carboxylic acids is 2. The Morgan fingerprint density at radius 2 is 2.08 bits per heavy atom. The average Bonchev–Trinajstić information content (AvgIpc) is 3.12. The molecule has 0 saturated heterocycles. The number of carbonyl (C=O) groups is 2. The minimum Gasteiger partial charge on any atom is -0.467 e. The minimum atomic E-state index is -0.874. The van der Waals surface area contributed by atoms with Crippen molar-refractivity contribution in [2.45, 2.75) is 52.2 Å². The molecule has 0 saturated carbocycles. The Morgan fingerprint density at radius 3 is 2.65 bits per heavy atom. The number of amides is 1. The van der Waals surface area contributed by atoms with Gasteiger partial charge in [-0.15, -0.1) is 0 Å². The van der Waals surface area contributed by atoms with Crippen LogP contribution in [0.4, 0.5) is 0 Å². The molecule has 140 valence electrons. The van der Waals surface area contributed by atoms with Crippen molar-refractivity contribution in [3.63, 3.8) is 0 Å². The Hall–Kier alpha value is -2.89. The number of methoxy groups -OCH3 is 1. The van der Waals surface area contributed by atoms with E-state index in [0.29, 0.717) is 31.5 Å². The number of aromatic nitrogens is 2. The Morgan fingerprint density at radius 1 is 1.38 bits per heavy atom. The van der Waals surface area contributed by atoms with Crippen molar-refractivity contribution < 1.29 is 14.3 Å². The molecule has 9 heteroatoms. The molecule has 1 N–H and O–H groups in total. The second kappa shape index (κ2) is 7.99. The lowest BCUT2D eigenvalue weighted by Gasteiger charge is -2.22. The van der Waals surface area contributed by atoms with Gasteiger partial charge in [0.15, 0.2) is 0 Å². The van der Waals surface area contributed by atoms with E-state index >= 15 is 0 Å². The van der Waals surface area contributed by atoms with Crippen molar-refractivity contribution in [3.05, 3.63) is 32.1 Å². The number of nitrogens with one attached hydrogen (secondary N) is 1. The Bertz CT molecular complexity index is 877. The molecule has 26 heavy (non-hydrogen) atoms. The maximum Gasteiger partial charge on any atom is 0.331 e. The fraction of sp³-hybridized carbons (Fsp3) is 0.588. The van der Waals surface area contributed by atoms with Crippen molar-refractivity contribution in [1.82, 2.24) is 14.5 Å². The van der Waals surface area contributed by atoms with E-state index < -0.39 is 35.7 Å². The highest BCUT2D eigenvalue weighted by atomic mass is 16.5. The number of ether oxygens (including phenoxy) is 1. The van der Waals surface area contributed by atoms with E-state index in [1.54, 1.807) is 6.92 Å². The molecule has 1 aliphatic rings. The first kappa shape index (κ1) is 19.4. The summed E-state index contributed by atoms with van der Waals surface area (Å²) in [7, 11) is 1.22. The average molecular weight is 362 g/mol. The van der Waals surface area contributed by atoms with Gasteiger partial charge in [-0.3, -0.25) is 14.2 Å². The van der Waals surface area contributed by atoms with Crippen LogP contribution in [0.25, 0.3) is 0 Å². The van der Waals surface area contributed by atoms with E-state index in [1.807, 2.05) is 13.0 Å². The van der Waals surface area contributed by atoms with Gasteiger partial charge < -0.3 is 10.1 Å². The molecule has 0 aromatic carbocycles. The third-order valence-corrected chi connectivity index (χ3v) is 4.73. The monoisotopic (exact) mass is 362 g/mol. The number of rotatable bonds is 6. The number of nitriles is 1. The lowest BCUT2D eigenvalue weighted by molar-refractivity contribution is -0.146. The van der Waals surface area contributed by atoms with Crippen molar-refractivity contribution in [1.29, 1.82) is 5.26 Å². The summed E-state index contributed by atoms with van der Waals surface area (Å²) in [5.41, 5.74) is -1.08. The molecule has 0 aliphatic carbocycles. The molecular weight excluding hydrogens is 340 g/mol. The third-order valence-electron chi connectivity index (χ3n) is 4.73. The second-order valence-corrected chi connectivity index (χ2v) is 6.32. The summed E-state index contributed by atoms with van der Waals surface area (Å²) in [6.45, 7) is 3.49. The van der Waals surface area contributed by atoms with Gasteiger partial charge in [0, 0.05) is 12.2 Å². The summed E-state index contributed by atoms with van der Waals surface area (Å²) in [6.07, 6.45) is 1.77. The van der Waals surface area contributed by atoms with Crippen LogP contribution in [0.15, 0.2) is 9.59 Å². The number of nitrogens with zero attached hydrogens (tertiary/aromatic N) is 3. The lowest BCUT2D eigenvalue weighted by Crippen LogP contribution is -2.50. The number of esters is 1. The van der Waals surface area contributed by atoms with Gasteiger partial charge in [-0.1, -0.05) is 20.3 Å². The summed E-state index contributed by atoms with van der Waals surface area (Å²) in [5.74, 6) is -1.44. The van der Waals surface area contributed by atoms with E-state index in [1.165, 1.54) is 11.7 Å². The topological polar surface area (TPSA) is 123 Å². The molecule has 0 fully saturated rings. The number of hydrogen-bond donors (Lipinski definition) is 1. The normalized spacial score (nSPS) is 14.8. The van der Waals surface area contributed by atoms with Gasteiger partial charge in [-0.2, -0.15) is 5.26 Å². The molecule has 1 aromatic heterocycles. The van der Waals surface area contributed by atoms with E-state index in [-0.39, 0.29) is 11.5 Å². The van der Waals surface area contributed by atoms with Crippen molar-refractivity contribution in [2.75, 3.05) is 7.11 Å². The molecule has 0 radical (unpaired) electrons. The molecule has 0 spiro atoms. The SMILES string of the molecule is CC[C@@H](C)[C@H](NC(=O)Cn1c(=O)c(C#N)c2n(c1=O)CCC2)C(=O)OC. The standard InChI is InChI=1S/C17H22N4O5/c1-4-10(2)14(16(24)26-3)19-13(22)9-21-15(23)11(8-18)12-6-5-7-20(12)17(21)25/h10,14H,4-7,9H2,1-3H3,(H,19,22)/t10-,14+/m1/s1. The summed E-state index contributed by atoms with van der Waals surface area (Å²) < 4.78 is 6.80. The third kappa shape index (κ3) is 3.54. The Labute approximate surface area is 150 Å². The van der Waals surface area contributed by atoms with Crippen LogP contribution in [0.1, 0.15) is 37.9 Å². The zero-order valence-electron chi connectivity index (χ0n) is 15.1. The molecular formula is C17H22N4O5. The van der Waals surface area contributed by atoms with Gasteiger partial charge in [-0.25, -0.2) is 14.2 Å². The lowest BCUT2D eigenvalue weighted by atomic mass is 9.99. The fourth-order valence-corrected chi connectivity index (χ4v) is 3.05. The molecule has 2 rings (SSSR count). The van der Waals surface area contributed by atoms with Gasteiger partial charge in [0.1, 0.15) is 24.2 Å². The van der Waals surface area contributed by atoms with Gasteiger partial charge in [0.2, 0.25) is 5.91 Å². The molecule has 2 atom stereocenters. The summed E-state index contributed by atoms with van der Waals surface area (Å²) in [4.78, 5) is 49.2. The first-order chi connectivity index (χ1) is 12.3. The van der Waals surface area contributed by atoms with E-state index in [9.17, 15) is 24.4 Å². The predicted molar refractivity (Wildman–Crippen MR) is 91.4 cm³/mol. The summed E-state index contributed by atoms with van der Waals surface area (Å²) in [5, 5.41) is 11.8. The van der Waals surface area contributed by atoms with E-state index in [4.69, 9.17) is 4.74 Å². The van der Waals surface area contributed by atoms with Gasteiger partial charge in [0.25, 0.3) is 5.56 Å². The Balaban J connectivity index is 2.33. The molecule has 2 heterocycles. The van der Waals surface area contributed by atoms with Crippen LogP contribution in [-0.4, -0.2) is 34.2 Å². The smallest absolute Gasteiger partial charge is 0.331 e. The highest BCUT2D eigenvalue weighted by molar-refractivity contribution is 5.84. The highest BCUT2D eigenvalue weighted by Gasteiger charge is 2.28. The van der Waals surface area contributed by atoms with Crippen LogP contribution in [-0.2, 0) is 33.8 Å². The highest BCUT2D eigenvalue weighted by Crippen LogP contribution is 2.13. The van der Waals surface area contributed by atoms with Gasteiger partial charge in [0.05, 0.1) is 7.11 Å². The van der Waals surface area contributed by atoms with Crippen LogP contribution in [0.5, 0.6) is 0 Å². The zero-order chi connectivity index (χ0) is 19.4. The largest absolute Gasteiger partial charge is 0.467 e. The molecule has 9 nitrogen and oxygen atoms in total. The summed E-state index contributed by atoms with van der Waals surface area (Å²) >= 11 is 0. The van der Waals surface area contributed by atoms with E-state index in [0.717, 1.165) is 4.57 Å². The molecule has 0 bridgehead atoms. The molecule has 0 unspecified atom stereocenters. The van der Waals surface area contributed by atoms with Crippen molar-refractivity contribution >= 4 is 11.9 Å². The van der Waals surface area contributed by atoms with Crippen molar-refractivity contribution in [3.8, 4) is 6.07 Å². The quantitative estimate of drug-likeness (QED) is 0.683. The van der Waals surface area contributed by atoms with Gasteiger partial charge in [-0.05, 0) is 18.8 Å². The molecule has 1 amide bonds. The first-order valence-corrected chi connectivity index (χ1v) is 8.49. The van der Waals surface area contributed by atoms with Crippen LogP contribution in [0, 0.1) is 17.2 Å². The maximum absolute atomic E-state index is 12.5. The van der Waals surface area contributed by atoms with Crippen LogP contribution in [0.3, 0.4) is 0 Å². The zero-order valence-corrected chi connectivity index (χ0v) is 15.1. The first-order valence-electron chi connectivity index (χ1n) is 8.49. The predicted octanol–water partition coefficient (Wildman–Crippen LogP) is -0.468. The number of fused-ring (bicyclic) bond motifs is 1. The fourth-order valence-electron chi connectivity index (χ4n) is 3.05. The minimum absolute atomic E-state index is 0.110. The van der Waals surface area contributed by atoms with Gasteiger partial charge >= 0.3 is 11.7 Å². The summed E-state index contributed by atoms with van der Waals surface area (Å²) in [6, 6.07) is 0.959. The van der Waals surface area contributed by atoms with E-state index in [2.05, 4.69) is 5.32 Å². The second-order valence-electron chi connectivity index (χ2n) is 6.32.